The average Bonchev–Trinajstić information content (AvgIpc) is 3.21. The SMILES string of the molecule is CC12CCC(OC(=O)OCCN3CCOCC3)CC1CCC1C2CCC2(C)C(c3ccc(=O)oc3)CCC12O. The lowest BCUT2D eigenvalue weighted by atomic mass is 9.43. The largest absolute Gasteiger partial charge is 0.508 e. The highest BCUT2D eigenvalue weighted by Gasteiger charge is 2.67. The average molecular weight is 544 g/mol. The molecular formula is C31H45NO7. The smallest absolute Gasteiger partial charge is 0.433 e. The van der Waals surface area contributed by atoms with E-state index in [0.717, 1.165) is 89.7 Å². The van der Waals surface area contributed by atoms with Gasteiger partial charge in [0, 0.05) is 31.1 Å². The van der Waals surface area contributed by atoms with Crippen molar-refractivity contribution in [3.8, 4) is 0 Å². The molecule has 4 saturated carbocycles. The molecule has 8 heteroatoms. The van der Waals surface area contributed by atoms with Gasteiger partial charge >= 0.3 is 11.8 Å². The standard InChI is InChI=1S/C31H45NO7/c1-29-10-7-23(39-28(34)37-18-15-32-13-16-36-17-14-32)19-22(29)4-5-26-25(29)8-11-30(2)24(9-12-31(26,30)35)21-3-6-27(33)38-20-21/h3,6,20,22-26,35H,4-5,7-19H2,1-2H3. The van der Waals surface area contributed by atoms with Crippen LogP contribution in [0.1, 0.15) is 83.1 Å². The normalized spacial score (nSPS) is 42.2. The first-order valence-corrected chi connectivity index (χ1v) is 15.2. The van der Waals surface area contributed by atoms with Crippen molar-refractivity contribution in [3.05, 3.63) is 34.4 Å². The Kier molecular flexibility index (Phi) is 7.34. The fourth-order valence-corrected chi connectivity index (χ4v) is 9.65. The summed E-state index contributed by atoms with van der Waals surface area (Å²) >= 11 is 0. The summed E-state index contributed by atoms with van der Waals surface area (Å²) in [5.74, 6) is 1.45. The summed E-state index contributed by atoms with van der Waals surface area (Å²) in [6, 6.07) is 3.40. The van der Waals surface area contributed by atoms with E-state index in [1.807, 2.05) is 6.07 Å². The highest BCUT2D eigenvalue weighted by molar-refractivity contribution is 5.60. The molecule has 0 radical (unpaired) electrons. The molecule has 8 unspecified atom stereocenters. The monoisotopic (exact) mass is 543 g/mol. The third-order valence-electron chi connectivity index (χ3n) is 11.9. The molecule has 216 valence electrons. The number of hydrogen-bond donors (Lipinski definition) is 1. The number of carbonyl (C=O) groups excluding carboxylic acids is 1. The van der Waals surface area contributed by atoms with Crippen LogP contribution in [0.4, 0.5) is 4.79 Å². The van der Waals surface area contributed by atoms with Crippen LogP contribution in [0, 0.1) is 28.6 Å². The van der Waals surface area contributed by atoms with E-state index >= 15 is 0 Å². The van der Waals surface area contributed by atoms with Gasteiger partial charge in [-0.15, -0.1) is 0 Å². The van der Waals surface area contributed by atoms with E-state index in [2.05, 4.69) is 18.7 Å². The molecule has 4 aliphatic carbocycles. The third kappa shape index (κ3) is 4.74. The number of nitrogens with zero attached hydrogens (tertiary/aromatic N) is 1. The second-order valence-corrected chi connectivity index (χ2v) is 13.4. The zero-order valence-electron chi connectivity index (χ0n) is 23.6. The number of fused-ring (bicyclic) bond motifs is 5. The molecule has 5 fully saturated rings. The van der Waals surface area contributed by atoms with E-state index in [9.17, 15) is 14.7 Å². The Morgan fingerprint density at radius 3 is 2.64 bits per heavy atom. The number of hydrogen-bond acceptors (Lipinski definition) is 8. The molecular weight excluding hydrogens is 498 g/mol. The fraction of sp³-hybridized carbons (Fsp3) is 0.806. The third-order valence-corrected chi connectivity index (χ3v) is 11.9. The van der Waals surface area contributed by atoms with E-state index in [0.29, 0.717) is 25.0 Å². The minimum atomic E-state index is -0.706. The molecule has 5 aliphatic rings. The summed E-state index contributed by atoms with van der Waals surface area (Å²) in [6.07, 6.45) is 9.65. The number of aliphatic hydroxyl groups is 1. The number of carbonyl (C=O) groups is 1. The van der Waals surface area contributed by atoms with Crippen LogP contribution < -0.4 is 5.63 Å². The second-order valence-electron chi connectivity index (χ2n) is 13.4. The van der Waals surface area contributed by atoms with Crippen molar-refractivity contribution in [1.82, 2.24) is 4.90 Å². The topological polar surface area (TPSA) is 98.4 Å². The van der Waals surface area contributed by atoms with Gasteiger partial charge in [-0.1, -0.05) is 13.8 Å². The summed E-state index contributed by atoms with van der Waals surface area (Å²) < 4.78 is 21.8. The first kappa shape index (κ1) is 27.3. The maximum atomic E-state index is 12.4. The summed E-state index contributed by atoms with van der Waals surface area (Å²) in [5, 5.41) is 12.4. The molecule has 1 N–H and O–H groups in total. The van der Waals surface area contributed by atoms with Crippen LogP contribution in [0.25, 0.3) is 0 Å². The highest BCUT2D eigenvalue weighted by atomic mass is 16.7. The highest BCUT2D eigenvalue weighted by Crippen LogP contribution is 2.70. The first-order valence-electron chi connectivity index (χ1n) is 15.2. The van der Waals surface area contributed by atoms with Gasteiger partial charge in [0.1, 0.15) is 12.7 Å². The molecule has 6 rings (SSSR count). The van der Waals surface area contributed by atoms with Crippen LogP contribution in [0.2, 0.25) is 0 Å². The Morgan fingerprint density at radius 1 is 1.05 bits per heavy atom. The Morgan fingerprint density at radius 2 is 1.87 bits per heavy atom. The minimum absolute atomic E-state index is 0.0870. The number of ether oxygens (including phenoxy) is 3. The zero-order valence-corrected chi connectivity index (χ0v) is 23.6. The Bertz CT molecular complexity index is 1080. The molecule has 1 saturated heterocycles. The van der Waals surface area contributed by atoms with Gasteiger partial charge in [-0.05, 0) is 98.5 Å². The van der Waals surface area contributed by atoms with Crippen LogP contribution in [0.5, 0.6) is 0 Å². The van der Waals surface area contributed by atoms with Gasteiger partial charge in [0.2, 0.25) is 0 Å². The molecule has 1 aliphatic heterocycles. The van der Waals surface area contributed by atoms with E-state index in [1.54, 1.807) is 6.26 Å². The molecule has 39 heavy (non-hydrogen) atoms. The lowest BCUT2D eigenvalue weighted by Gasteiger charge is -2.63. The van der Waals surface area contributed by atoms with Crippen molar-refractivity contribution in [1.29, 1.82) is 0 Å². The van der Waals surface area contributed by atoms with Crippen molar-refractivity contribution in [2.75, 3.05) is 39.5 Å². The summed E-state index contributed by atoms with van der Waals surface area (Å²) in [6.45, 7) is 9.01. The van der Waals surface area contributed by atoms with E-state index in [1.165, 1.54) is 6.07 Å². The molecule has 8 nitrogen and oxygen atoms in total. The lowest BCUT2D eigenvalue weighted by Crippen LogP contribution is -2.62. The van der Waals surface area contributed by atoms with Crippen LogP contribution in [-0.4, -0.2) is 67.3 Å². The van der Waals surface area contributed by atoms with Crippen molar-refractivity contribution in [2.24, 2.45) is 28.6 Å². The molecule has 0 amide bonds. The number of rotatable bonds is 5. The van der Waals surface area contributed by atoms with Crippen molar-refractivity contribution in [2.45, 2.75) is 89.3 Å². The van der Waals surface area contributed by atoms with Crippen LogP contribution >= 0.6 is 0 Å². The summed E-state index contributed by atoms with van der Waals surface area (Å²) in [4.78, 5) is 26.2. The van der Waals surface area contributed by atoms with E-state index in [4.69, 9.17) is 18.6 Å². The Labute approximate surface area is 231 Å². The quantitative estimate of drug-likeness (QED) is 0.532. The maximum absolute atomic E-state index is 12.4. The molecule has 8 atom stereocenters. The predicted molar refractivity (Wildman–Crippen MR) is 144 cm³/mol. The van der Waals surface area contributed by atoms with Crippen molar-refractivity contribution < 1.29 is 28.5 Å². The van der Waals surface area contributed by atoms with Crippen molar-refractivity contribution >= 4 is 6.16 Å². The Balaban J connectivity index is 1.07. The number of morpholine rings is 1. The molecule has 1 aromatic rings. The summed E-state index contributed by atoms with van der Waals surface area (Å²) in [7, 11) is 0. The van der Waals surface area contributed by atoms with E-state index in [-0.39, 0.29) is 34.4 Å². The maximum Gasteiger partial charge on any atom is 0.508 e. The van der Waals surface area contributed by atoms with Gasteiger partial charge < -0.3 is 23.7 Å². The van der Waals surface area contributed by atoms with Gasteiger partial charge in [0.05, 0.1) is 25.1 Å². The van der Waals surface area contributed by atoms with Crippen LogP contribution in [0.15, 0.2) is 27.6 Å². The first-order chi connectivity index (χ1) is 18.7. The van der Waals surface area contributed by atoms with Gasteiger partial charge in [-0.25, -0.2) is 9.59 Å². The van der Waals surface area contributed by atoms with Gasteiger partial charge in [0.25, 0.3) is 0 Å². The van der Waals surface area contributed by atoms with Crippen molar-refractivity contribution in [3.63, 3.8) is 0 Å². The predicted octanol–water partition coefficient (Wildman–Crippen LogP) is 4.74. The lowest BCUT2D eigenvalue weighted by molar-refractivity contribution is -0.205. The van der Waals surface area contributed by atoms with Gasteiger partial charge in [-0.3, -0.25) is 4.90 Å². The minimum Gasteiger partial charge on any atom is -0.433 e. The molecule has 0 spiro atoms. The van der Waals surface area contributed by atoms with Crippen LogP contribution in [0.3, 0.4) is 0 Å². The van der Waals surface area contributed by atoms with Crippen LogP contribution in [-0.2, 0) is 14.2 Å². The zero-order chi connectivity index (χ0) is 27.3. The molecule has 1 aromatic heterocycles. The Hall–Kier alpha value is -1.90. The fourth-order valence-electron chi connectivity index (χ4n) is 9.65. The molecule has 2 heterocycles. The summed E-state index contributed by atoms with van der Waals surface area (Å²) in [5.41, 5.74) is -0.0587. The second kappa shape index (κ2) is 10.5. The molecule has 0 aromatic carbocycles. The van der Waals surface area contributed by atoms with E-state index < -0.39 is 11.8 Å². The van der Waals surface area contributed by atoms with Gasteiger partial charge in [0.15, 0.2) is 0 Å². The van der Waals surface area contributed by atoms with Gasteiger partial charge in [-0.2, -0.15) is 0 Å². The molecule has 0 bridgehead atoms.